The normalized spacial score (nSPS) is 44.4. The highest BCUT2D eigenvalue weighted by Crippen LogP contribution is 2.55. The number of nitrogens with zero attached hydrogens (tertiary/aromatic N) is 2. The molecule has 122 valence electrons. The van der Waals surface area contributed by atoms with Crippen LogP contribution < -0.4 is 5.32 Å². The van der Waals surface area contributed by atoms with Crippen molar-refractivity contribution in [2.24, 2.45) is 23.7 Å². The van der Waals surface area contributed by atoms with Gasteiger partial charge < -0.3 is 10.2 Å². The summed E-state index contributed by atoms with van der Waals surface area (Å²) in [5.41, 5.74) is 0. The van der Waals surface area contributed by atoms with E-state index < -0.39 is 0 Å². The quantitative estimate of drug-likeness (QED) is 0.788. The minimum atomic E-state index is 0.690. The van der Waals surface area contributed by atoms with Gasteiger partial charge in [0.2, 0.25) is 0 Å². The molecule has 22 heavy (non-hydrogen) atoms. The third-order valence-corrected chi connectivity index (χ3v) is 7.48. The van der Waals surface area contributed by atoms with E-state index in [4.69, 9.17) is 12.2 Å². The Morgan fingerprint density at radius 2 is 1.41 bits per heavy atom. The average molecular weight is 320 g/mol. The van der Waals surface area contributed by atoms with Crippen molar-refractivity contribution in [3.63, 3.8) is 0 Å². The molecule has 4 heteroatoms. The highest BCUT2D eigenvalue weighted by atomic mass is 32.1. The second-order valence-electron chi connectivity index (χ2n) is 8.67. The molecular formula is C18H29N3S. The van der Waals surface area contributed by atoms with Gasteiger partial charge in [0, 0.05) is 38.3 Å². The Labute approximate surface area is 139 Å². The molecule has 6 aliphatic rings. The number of nitrogens with one attached hydrogen (secondary N) is 1. The second kappa shape index (κ2) is 5.34. The maximum Gasteiger partial charge on any atom is 0.169 e. The largest absolute Gasteiger partial charge is 0.360 e. The van der Waals surface area contributed by atoms with Crippen molar-refractivity contribution in [2.45, 2.75) is 57.0 Å². The first kappa shape index (κ1) is 14.0. The van der Waals surface area contributed by atoms with Gasteiger partial charge >= 0.3 is 0 Å². The van der Waals surface area contributed by atoms with E-state index in [-0.39, 0.29) is 0 Å². The Morgan fingerprint density at radius 1 is 0.818 bits per heavy atom. The van der Waals surface area contributed by atoms with E-state index in [9.17, 15) is 0 Å². The predicted molar refractivity (Wildman–Crippen MR) is 92.7 cm³/mol. The van der Waals surface area contributed by atoms with Crippen LogP contribution in [0.5, 0.6) is 0 Å². The van der Waals surface area contributed by atoms with Crippen LogP contribution in [0, 0.1) is 23.7 Å². The van der Waals surface area contributed by atoms with Gasteiger partial charge in [-0.25, -0.2) is 0 Å². The number of piperazine rings is 1. The Hall–Kier alpha value is -0.350. The lowest BCUT2D eigenvalue weighted by Gasteiger charge is -2.58. The molecule has 0 aromatic carbocycles. The maximum atomic E-state index is 5.58. The molecule has 1 saturated heterocycles. The number of hydrogen-bond donors (Lipinski definition) is 1. The van der Waals surface area contributed by atoms with Crippen LogP contribution in [0.4, 0.5) is 0 Å². The van der Waals surface area contributed by atoms with Gasteiger partial charge in [0.15, 0.2) is 5.11 Å². The van der Waals surface area contributed by atoms with Crippen molar-refractivity contribution in [3.8, 4) is 0 Å². The van der Waals surface area contributed by atoms with Crippen LogP contribution in [0.2, 0.25) is 0 Å². The summed E-state index contributed by atoms with van der Waals surface area (Å²) in [7, 11) is 0. The third kappa shape index (κ3) is 2.47. The van der Waals surface area contributed by atoms with Gasteiger partial charge in [0.05, 0.1) is 0 Å². The summed E-state index contributed by atoms with van der Waals surface area (Å²) in [4.78, 5) is 5.27. The zero-order valence-electron chi connectivity index (χ0n) is 13.5. The lowest BCUT2D eigenvalue weighted by molar-refractivity contribution is -0.0727. The molecule has 1 N–H and O–H groups in total. The maximum absolute atomic E-state index is 5.58. The molecule has 0 atom stereocenters. The van der Waals surface area contributed by atoms with Gasteiger partial charge in [0.25, 0.3) is 0 Å². The standard InChI is InChI=1S/C18H29N3S/c22-18(19-16-1-2-16)21-5-3-20(4-6-21)17-14-8-12-7-13(10-14)11-15(17)9-12/h12-17H,1-11H2,(H,19,22). The van der Waals surface area contributed by atoms with Crippen molar-refractivity contribution >= 4 is 17.3 Å². The second-order valence-corrected chi connectivity index (χ2v) is 9.05. The van der Waals surface area contributed by atoms with Gasteiger partial charge in [0.1, 0.15) is 0 Å². The number of hydrogen-bond acceptors (Lipinski definition) is 2. The van der Waals surface area contributed by atoms with Crippen molar-refractivity contribution in [3.05, 3.63) is 0 Å². The van der Waals surface area contributed by atoms with Crippen molar-refractivity contribution < 1.29 is 0 Å². The fourth-order valence-corrected chi connectivity index (χ4v) is 6.56. The van der Waals surface area contributed by atoms with Gasteiger partial charge in [-0.2, -0.15) is 0 Å². The Bertz CT molecular complexity index is 425. The minimum absolute atomic E-state index is 0.690. The van der Waals surface area contributed by atoms with Gasteiger partial charge in [-0.3, -0.25) is 4.90 Å². The molecule has 0 radical (unpaired) electrons. The Balaban J connectivity index is 1.20. The van der Waals surface area contributed by atoms with Gasteiger partial charge in [-0.1, -0.05) is 0 Å². The molecule has 0 aromatic rings. The SMILES string of the molecule is S=C(NC1CC1)N1CCN(C2C3CC4CC(C3)CC2C4)CC1. The molecule has 3 nitrogen and oxygen atoms in total. The molecule has 4 bridgehead atoms. The Morgan fingerprint density at radius 3 is 1.95 bits per heavy atom. The van der Waals surface area contributed by atoms with E-state index in [0.717, 1.165) is 47.9 Å². The molecule has 5 saturated carbocycles. The first-order chi connectivity index (χ1) is 10.8. The molecule has 1 heterocycles. The smallest absolute Gasteiger partial charge is 0.169 e. The van der Waals surface area contributed by atoms with Crippen molar-refractivity contribution in [2.75, 3.05) is 26.2 Å². The lowest BCUT2D eigenvalue weighted by atomic mass is 9.54. The fourth-order valence-electron chi connectivity index (χ4n) is 6.21. The number of thiocarbonyl (C=S) groups is 1. The summed E-state index contributed by atoms with van der Waals surface area (Å²) in [6.45, 7) is 4.75. The predicted octanol–water partition coefficient (Wildman–Crippen LogP) is 2.47. The average Bonchev–Trinajstić information content (AvgIpc) is 3.31. The summed E-state index contributed by atoms with van der Waals surface area (Å²) >= 11 is 5.58. The molecule has 0 unspecified atom stereocenters. The zero-order valence-corrected chi connectivity index (χ0v) is 14.4. The summed E-state index contributed by atoms with van der Waals surface area (Å²) in [6.07, 6.45) is 10.4. The minimum Gasteiger partial charge on any atom is -0.360 e. The van der Waals surface area contributed by atoms with E-state index in [1.165, 1.54) is 25.9 Å². The van der Waals surface area contributed by atoms with E-state index in [1.807, 2.05) is 0 Å². The third-order valence-electron chi connectivity index (χ3n) is 7.11. The van der Waals surface area contributed by atoms with E-state index in [2.05, 4.69) is 15.1 Å². The molecule has 0 aromatic heterocycles. The highest BCUT2D eigenvalue weighted by molar-refractivity contribution is 7.80. The van der Waals surface area contributed by atoms with Crippen LogP contribution in [0.15, 0.2) is 0 Å². The highest BCUT2D eigenvalue weighted by Gasteiger charge is 2.50. The molecule has 0 amide bonds. The summed E-state index contributed by atoms with van der Waals surface area (Å²) in [5, 5.41) is 4.53. The Kier molecular flexibility index (Phi) is 3.40. The first-order valence-electron chi connectivity index (χ1n) is 9.56. The molecule has 0 spiro atoms. The molecule has 6 fully saturated rings. The van der Waals surface area contributed by atoms with Crippen molar-refractivity contribution in [1.29, 1.82) is 0 Å². The lowest BCUT2D eigenvalue weighted by Crippen LogP contribution is -2.61. The molecule has 5 aliphatic carbocycles. The monoisotopic (exact) mass is 319 g/mol. The molecular weight excluding hydrogens is 290 g/mol. The van der Waals surface area contributed by atoms with Gasteiger partial charge in [-0.05, 0) is 80.8 Å². The van der Waals surface area contributed by atoms with Gasteiger partial charge in [-0.15, -0.1) is 0 Å². The van der Waals surface area contributed by atoms with Crippen molar-refractivity contribution in [1.82, 2.24) is 15.1 Å². The summed E-state index contributed by atoms with van der Waals surface area (Å²) in [5.74, 6) is 4.24. The van der Waals surface area contributed by atoms with E-state index in [0.29, 0.717) is 6.04 Å². The van der Waals surface area contributed by atoms with Crippen LogP contribution >= 0.6 is 12.2 Å². The van der Waals surface area contributed by atoms with Crippen LogP contribution in [0.1, 0.15) is 44.9 Å². The summed E-state index contributed by atoms with van der Waals surface area (Å²) < 4.78 is 0. The molecule has 6 rings (SSSR count). The van der Waals surface area contributed by atoms with Crippen LogP contribution in [-0.4, -0.2) is 53.2 Å². The van der Waals surface area contributed by atoms with Crippen LogP contribution in [-0.2, 0) is 0 Å². The topological polar surface area (TPSA) is 18.5 Å². The summed E-state index contributed by atoms with van der Waals surface area (Å²) in [6, 6.07) is 1.61. The van der Waals surface area contributed by atoms with E-state index in [1.54, 1.807) is 32.1 Å². The molecule has 1 aliphatic heterocycles. The van der Waals surface area contributed by atoms with Crippen LogP contribution in [0.25, 0.3) is 0 Å². The van der Waals surface area contributed by atoms with Crippen LogP contribution in [0.3, 0.4) is 0 Å². The zero-order chi connectivity index (χ0) is 14.7. The van der Waals surface area contributed by atoms with E-state index >= 15 is 0 Å². The first-order valence-corrected chi connectivity index (χ1v) is 9.96. The fraction of sp³-hybridized carbons (Fsp3) is 0.944. The number of rotatable bonds is 2.